The maximum absolute atomic E-state index is 13.4. The lowest BCUT2D eigenvalue weighted by molar-refractivity contribution is 0.102. The third-order valence-electron chi connectivity index (χ3n) is 6.20. The number of benzene rings is 3. The smallest absolute Gasteiger partial charge is 0.256 e. The fourth-order valence-corrected chi connectivity index (χ4v) is 4.29. The van der Waals surface area contributed by atoms with Crippen molar-refractivity contribution in [2.45, 2.75) is 26.9 Å². The number of nitrogens with zero attached hydrogens (tertiary/aromatic N) is 3. The Bertz CT molecular complexity index is 1480. The molecule has 6 heteroatoms. The maximum Gasteiger partial charge on any atom is 0.256 e. The Hall–Kier alpha value is -4.19. The van der Waals surface area contributed by atoms with Crippen molar-refractivity contribution in [2.75, 3.05) is 5.32 Å². The van der Waals surface area contributed by atoms with Crippen LogP contribution in [0.1, 0.15) is 32.7 Å². The normalized spacial score (nSPS) is 11.1. The summed E-state index contributed by atoms with van der Waals surface area (Å²) < 4.78 is 17.4. The van der Waals surface area contributed by atoms with Gasteiger partial charge in [-0.1, -0.05) is 42.5 Å². The molecule has 0 saturated carbocycles. The van der Waals surface area contributed by atoms with Crippen molar-refractivity contribution < 1.29 is 9.18 Å². The summed E-state index contributed by atoms with van der Waals surface area (Å²) in [4.78, 5) is 12.9. The first-order valence-electron chi connectivity index (χ1n) is 11.2. The summed E-state index contributed by atoms with van der Waals surface area (Å²) in [6, 6.07) is 24.3. The van der Waals surface area contributed by atoms with Gasteiger partial charge in [0, 0.05) is 41.0 Å². The molecule has 0 aliphatic carbocycles. The first kappa shape index (κ1) is 21.6. The zero-order chi connectivity index (χ0) is 23.7. The van der Waals surface area contributed by atoms with Crippen LogP contribution in [0.25, 0.3) is 10.9 Å². The largest absolute Gasteiger partial charge is 0.340 e. The van der Waals surface area contributed by atoms with Gasteiger partial charge in [0.15, 0.2) is 5.82 Å². The molecule has 0 aliphatic rings. The average Bonchev–Trinajstić information content (AvgIpc) is 3.37. The topological polar surface area (TPSA) is 51.9 Å². The van der Waals surface area contributed by atoms with Gasteiger partial charge in [-0.25, -0.2) is 4.39 Å². The fraction of sp³-hybridized carbons (Fsp3) is 0.143. The van der Waals surface area contributed by atoms with Gasteiger partial charge in [-0.15, -0.1) is 0 Å². The first-order chi connectivity index (χ1) is 16.5. The van der Waals surface area contributed by atoms with E-state index in [4.69, 9.17) is 0 Å². The van der Waals surface area contributed by atoms with Crippen LogP contribution in [0.5, 0.6) is 0 Å². The van der Waals surface area contributed by atoms with Crippen LogP contribution >= 0.6 is 0 Å². The van der Waals surface area contributed by atoms with Crippen LogP contribution in [0.2, 0.25) is 0 Å². The molecule has 2 heterocycles. The molecule has 5 nitrogen and oxygen atoms in total. The lowest BCUT2D eigenvalue weighted by Gasteiger charge is -2.09. The van der Waals surface area contributed by atoms with Crippen molar-refractivity contribution in [3.05, 3.63) is 119 Å². The van der Waals surface area contributed by atoms with E-state index < -0.39 is 0 Å². The zero-order valence-electron chi connectivity index (χ0n) is 19.1. The Balaban J connectivity index is 1.35. The minimum Gasteiger partial charge on any atom is -0.340 e. The molecule has 0 saturated heterocycles. The summed E-state index contributed by atoms with van der Waals surface area (Å²) in [6.45, 7) is 5.41. The van der Waals surface area contributed by atoms with Crippen LogP contribution in [0.4, 0.5) is 10.2 Å². The molecule has 0 aliphatic heterocycles. The summed E-state index contributed by atoms with van der Waals surface area (Å²) in [7, 11) is 0. The highest BCUT2D eigenvalue weighted by molar-refractivity contribution is 6.06. The number of carbonyl (C=O) groups excluding carboxylic acids is 1. The standard InChI is InChI=1S/C28H25FN4O/c1-19-20(2)33(18-21-7-4-3-5-8-21)26-12-11-23(16-25(19)26)28(34)30-27-13-14-32(31-27)17-22-9-6-10-24(29)15-22/h3-16H,17-18H2,1-2H3,(H,30,31,34). The monoisotopic (exact) mass is 452 g/mol. The van der Waals surface area contributed by atoms with Crippen LogP contribution in [0, 0.1) is 19.7 Å². The summed E-state index contributed by atoms with van der Waals surface area (Å²) in [6.07, 6.45) is 1.76. The second-order valence-corrected chi connectivity index (χ2v) is 8.50. The van der Waals surface area contributed by atoms with Crippen molar-refractivity contribution >= 4 is 22.6 Å². The summed E-state index contributed by atoms with van der Waals surface area (Å²) >= 11 is 0. The van der Waals surface area contributed by atoms with E-state index in [0.717, 1.165) is 23.0 Å². The number of halogens is 1. The molecule has 3 aromatic carbocycles. The van der Waals surface area contributed by atoms with Gasteiger partial charge in [-0.3, -0.25) is 9.48 Å². The lowest BCUT2D eigenvalue weighted by Crippen LogP contribution is -2.13. The first-order valence-corrected chi connectivity index (χ1v) is 11.2. The Labute approximate surface area is 197 Å². The molecule has 5 rings (SSSR count). The third-order valence-corrected chi connectivity index (χ3v) is 6.20. The number of anilines is 1. The molecule has 34 heavy (non-hydrogen) atoms. The predicted octanol–water partition coefficient (Wildman–Crippen LogP) is 5.94. The van der Waals surface area contributed by atoms with Gasteiger partial charge in [-0.2, -0.15) is 5.10 Å². The lowest BCUT2D eigenvalue weighted by atomic mass is 10.1. The summed E-state index contributed by atoms with van der Waals surface area (Å²) in [5.41, 5.74) is 6.07. The minimum absolute atomic E-state index is 0.217. The van der Waals surface area contributed by atoms with Crippen LogP contribution in [-0.2, 0) is 13.1 Å². The Morgan fingerprint density at radius 2 is 1.71 bits per heavy atom. The molecular weight excluding hydrogens is 427 g/mol. The molecular formula is C28H25FN4O. The quantitative estimate of drug-likeness (QED) is 0.347. The number of fused-ring (bicyclic) bond motifs is 1. The maximum atomic E-state index is 13.4. The molecule has 0 bridgehead atoms. The van der Waals surface area contributed by atoms with E-state index in [9.17, 15) is 9.18 Å². The number of nitrogens with one attached hydrogen (secondary N) is 1. The van der Waals surface area contributed by atoms with Gasteiger partial charge in [0.1, 0.15) is 5.82 Å². The van der Waals surface area contributed by atoms with Gasteiger partial charge in [0.05, 0.1) is 6.54 Å². The molecule has 2 aromatic heterocycles. The van der Waals surface area contributed by atoms with Crippen molar-refractivity contribution in [1.29, 1.82) is 0 Å². The molecule has 1 N–H and O–H groups in total. The van der Waals surface area contributed by atoms with Crippen molar-refractivity contribution in [3.63, 3.8) is 0 Å². The highest BCUT2D eigenvalue weighted by atomic mass is 19.1. The Kier molecular flexibility index (Phi) is 5.72. The van der Waals surface area contributed by atoms with Crippen LogP contribution in [-0.4, -0.2) is 20.3 Å². The Morgan fingerprint density at radius 3 is 2.50 bits per heavy atom. The van der Waals surface area contributed by atoms with E-state index in [0.29, 0.717) is 17.9 Å². The number of rotatable bonds is 6. The number of aryl methyl sites for hydroxylation is 1. The van der Waals surface area contributed by atoms with Crippen LogP contribution in [0.15, 0.2) is 85.1 Å². The second kappa shape index (κ2) is 8.98. The number of amides is 1. The molecule has 0 unspecified atom stereocenters. The molecule has 0 spiro atoms. The van der Waals surface area contributed by atoms with E-state index in [1.54, 1.807) is 23.0 Å². The fourth-order valence-electron chi connectivity index (χ4n) is 4.29. The van der Waals surface area contributed by atoms with Crippen molar-refractivity contribution in [2.24, 2.45) is 0 Å². The molecule has 0 fully saturated rings. The van der Waals surface area contributed by atoms with Gasteiger partial charge in [0.25, 0.3) is 5.91 Å². The highest BCUT2D eigenvalue weighted by Crippen LogP contribution is 2.27. The number of hydrogen-bond donors (Lipinski definition) is 1. The van der Waals surface area contributed by atoms with E-state index in [2.05, 4.69) is 41.0 Å². The molecule has 0 atom stereocenters. The van der Waals surface area contributed by atoms with Crippen molar-refractivity contribution in [3.8, 4) is 0 Å². The third kappa shape index (κ3) is 4.35. The van der Waals surface area contributed by atoms with Gasteiger partial charge in [-0.05, 0) is 60.9 Å². The Morgan fingerprint density at radius 1 is 0.912 bits per heavy atom. The molecule has 1 amide bonds. The number of hydrogen-bond acceptors (Lipinski definition) is 2. The van der Waals surface area contributed by atoms with E-state index in [1.165, 1.54) is 29.0 Å². The molecule has 170 valence electrons. The number of carbonyl (C=O) groups is 1. The SMILES string of the molecule is Cc1c(C)n(Cc2ccccc2)c2ccc(C(=O)Nc3ccn(Cc4cccc(F)c4)n3)cc12. The van der Waals surface area contributed by atoms with Crippen LogP contribution < -0.4 is 5.32 Å². The van der Waals surface area contributed by atoms with E-state index in [-0.39, 0.29) is 11.7 Å². The molecule has 5 aromatic rings. The predicted molar refractivity (Wildman–Crippen MR) is 133 cm³/mol. The van der Waals surface area contributed by atoms with E-state index >= 15 is 0 Å². The summed E-state index contributed by atoms with van der Waals surface area (Å²) in [5.74, 6) is -0.0430. The van der Waals surface area contributed by atoms with Gasteiger partial charge >= 0.3 is 0 Å². The van der Waals surface area contributed by atoms with Gasteiger partial charge in [0.2, 0.25) is 0 Å². The average molecular weight is 453 g/mol. The molecule has 0 radical (unpaired) electrons. The van der Waals surface area contributed by atoms with Crippen molar-refractivity contribution in [1.82, 2.24) is 14.3 Å². The highest BCUT2D eigenvalue weighted by Gasteiger charge is 2.15. The number of aromatic nitrogens is 3. The van der Waals surface area contributed by atoms with Crippen LogP contribution in [0.3, 0.4) is 0 Å². The zero-order valence-corrected chi connectivity index (χ0v) is 19.1. The minimum atomic E-state index is -0.281. The van der Waals surface area contributed by atoms with E-state index in [1.807, 2.05) is 42.5 Å². The van der Waals surface area contributed by atoms with Gasteiger partial charge < -0.3 is 9.88 Å². The second-order valence-electron chi connectivity index (χ2n) is 8.50. The summed E-state index contributed by atoms with van der Waals surface area (Å²) in [5, 5.41) is 8.34.